The molecule has 0 aromatic carbocycles. The number of carbonyl (C=O) groups excluding carboxylic acids is 1. The Morgan fingerprint density at radius 3 is 2.92 bits per heavy atom. The number of rotatable bonds is 6. The summed E-state index contributed by atoms with van der Waals surface area (Å²) < 4.78 is 5.27. The predicted octanol–water partition coefficient (Wildman–Crippen LogP) is 1.92. The fraction of sp³-hybridized carbons (Fsp3) is 0.500. The van der Waals surface area contributed by atoms with Gasteiger partial charge in [-0.1, -0.05) is 0 Å². The van der Waals surface area contributed by atoms with Gasteiger partial charge >= 0.3 is 0 Å². The van der Waals surface area contributed by atoms with Gasteiger partial charge in [0.25, 0.3) is 0 Å². The molecule has 0 radical (unpaired) electrons. The van der Waals surface area contributed by atoms with E-state index < -0.39 is 0 Å². The number of amides is 1. The first-order valence-corrected chi connectivity index (χ1v) is 8.75. The van der Waals surface area contributed by atoms with Gasteiger partial charge in [-0.15, -0.1) is 0 Å². The third-order valence-corrected chi connectivity index (χ3v) is 4.59. The zero-order valence-electron chi connectivity index (χ0n) is 15.7. The number of aromatic nitrogens is 3. The maximum Gasteiger partial charge on any atom is 0.222 e. The van der Waals surface area contributed by atoms with Crippen LogP contribution in [-0.4, -0.2) is 57.8 Å². The minimum absolute atomic E-state index is 0.119. The first kappa shape index (κ1) is 18.3. The highest BCUT2D eigenvalue weighted by Crippen LogP contribution is 2.24. The molecule has 2 N–H and O–H groups in total. The van der Waals surface area contributed by atoms with Crippen molar-refractivity contribution >= 4 is 11.7 Å². The van der Waals surface area contributed by atoms with Crippen molar-refractivity contribution in [3.63, 3.8) is 0 Å². The molecule has 3 rings (SSSR count). The number of methoxy groups -OCH3 is 1. The van der Waals surface area contributed by atoms with Crippen LogP contribution in [0, 0.1) is 6.92 Å². The van der Waals surface area contributed by atoms with Gasteiger partial charge in [0.15, 0.2) is 5.82 Å². The molecule has 140 valence electrons. The molecule has 1 fully saturated rings. The molecule has 8 heteroatoms. The second-order valence-corrected chi connectivity index (χ2v) is 6.73. The van der Waals surface area contributed by atoms with E-state index in [2.05, 4.69) is 43.3 Å². The summed E-state index contributed by atoms with van der Waals surface area (Å²) in [7, 11) is 1.64. The molecule has 1 aliphatic rings. The van der Waals surface area contributed by atoms with E-state index in [-0.39, 0.29) is 11.9 Å². The van der Waals surface area contributed by atoms with Gasteiger partial charge in [0.1, 0.15) is 0 Å². The zero-order valence-corrected chi connectivity index (χ0v) is 15.7. The summed E-state index contributed by atoms with van der Waals surface area (Å²) >= 11 is 0. The van der Waals surface area contributed by atoms with Crippen molar-refractivity contribution in [3.05, 3.63) is 35.2 Å². The topological polar surface area (TPSA) is 86.4 Å². The number of pyridine rings is 1. The highest BCUT2D eigenvalue weighted by atomic mass is 16.5. The van der Waals surface area contributed by atoms with Crippen LogP contribution in [0.3, 0.4) is 0 Å². The molecule has 1 saturated heterocycles. The number of ether oxygens (including phenoxy) is 1. The van der Waals surface area contributed by atoms with Crippen molar-refractivity contribution < 1.29 is 9.53 Å². The van der Waals surface area contributed by atoms with Crippen LogP contribution in [0.5, 0.6) is 5.88 Å². The Hall–Kier alpha value is -2.45. The predicted molar refractivity (Wildman–Crippen MR) is 98.8 cm³/mol. The number of nitrogens with one attached hydrogen (secondary N) is 2. The van der Waals surface area contributed by atoms with Crippen molar-refractivity contribution in [3.8, 4) is 5.88 Å². The smallest absolute Gasteiger partial charge is 0.222 e. The maximum atomic E-state index is 11.1. The molecule has 1 atom stereocenters. The summed E-state index contributed by atoms with van der Waals surface area (Å²) in [4.78, 5) is 20.3. The SMILES string of the molecule is COc1cc(CN2CCN(C(C)c3cc(NC(C)=O)n[nH]3)C2)cc(C)n1. The van der Waals surface area contributed by atoms with Gasteiger partial charge in [0, 0.05) is 50.4 Å². The molecule has 0 aliphatic carbocycles. The number of carbonyl (C=O) groups is 1. The molecule has 8 nitrogen and oxygen atoms in total. The van der Waals surface area contributed by atoms with Gasteiger partial charge in [-0.05, 0) is 25.5 Å². The maximum absolute atomic E-state index is 11.1. The standard InChI is InChI=1S/C18H26N6O2/c1-12-7-15(8-18(19-12)26-4)10-23-5-6-24(11-23)13(2)16-9-17(22-21-16)20-14(3)25/h7-9,13H,5-6,10-11H2,1-4H3,(H2,20,21,22,25). The lowest BCUT2D eigenvalue weighted by Crippen LogP contribution is -2.28. The lowest BCUT2D eigenvalue weighted by Gasteiger charge is -2.23. The normalized spacial score (nSPS) is 16.6. The van der Waals surface area contributed by atoms with Gasteiger partial charge in [-0.3, -0.25) is 19.7 Å². The van der Waals surface area contributed by atoms with Crippen LogP contribution in [0.25, 0.3) is 0 Å². The molecule has 2 aromatic heterocycles. The van der Waals surface area contributed by atoms with Gasteiger partial charge in [0.2, 0.25) is 11.8 Å². The van der Waals surface area contributed by atoms with E-state index in [4.69, 9.17) is 4.74 Å². The number of nitrogens with zero attached hydrogens (tertiary/aromatic N) is 4. The minimum atomic E-state index is -0.119. The Morgan fingerprint density at radius 2 is 2.19 bits per heavy atom. The number of hydrogen-bond donors (Lipinski definition) is 2. The fourth-order valence-corrected chi connectivity index (χ4v) is 3.27. The van der Waals surface area contributed by atoms with Crippen molar-refractivity contribution in [1.29, 1.82) is 0 Å². The highest BCUT2D eigenvalue weighted by molar-refractivity contribution is 5.87. The van der Waals surface area contributed by atoms with E-state index in [0.717, 1.165) is 37.7 Å². The summed E-state index contributed by atoms with van der Waals surface area (Å²) in [5.41, 5.74) is 3.17. The Labute approximate surface area is 153 Å². The van der Waals surface area contributed by atoms with E-state index in [1.165, 1.54) is 12.5 Å². The molecule has 1 amide bonds. The van der Waals surface area contributed by atoms with Gasteiger partial charge in [-0.2, -0.15) is 5.10 Å². The van der Waals surface area contributed by atoms with Crippen molar-refractivity contribution in [2.75, 3.05) is 32.2 Å². The van der Waals surface area contributed by atoms with E-state index in [9.17, 15) is 4.79 Å². The second-order valence-electron chi connectivity index (χ2n) is 6.73. The first-order valence-electron chi connectivity index (χ1n) is 8.75. The van der Waals surface area contributed by atoms with Crippen LogP contribution < -0.4 is 10.1 Å². The first-order chi connectivity index (χ1) is 12.4. The Balaban J connectivity index is 1.60. The number of anilines is 1. The number of H-pyrrole nitrogens is 1. The molecule has 1 unspecified atom stereocenters. The second kappa shape index (κ2) is 7.84. The van der Waals surface area contributed by atoms with Crippen LogP contribution in [0.2, 0.25) is 0 Å². The van der Waals surface area contributed by atoms with Crippen LogP contribution in [0.15, 0.2) is 18.2 Å². The van der Waals surface area contributed by atoms with E-state index in [1.807, 2.05) is 19.1 Å². The Bertz CT molecular complexity index is 775. The van der Waals surface area contributed by atoms with Crippen LogP contribution in [0.4, 0.5) is 5.82 Å². The third-order valence-electron chi connectivity index (χ3n) is 4.59. The molecular weight excluding hydrogens is 332 g/mol. The Morgan fingerprint density at radius 1 is 1.38 bits per heavy atom. The lowest BCUT2D eigenvalue weighted by molar-refractivity contribution is -0.114. The third kappa shape index (κ3) is 4.39. The van der Waals surface area contributed by atoms with Crippen LogP contribution >= 0.6 is 0 Å². The van der Waals surface area contributed by atoms with E-state index >= 15 is 0 Å². The summed E-state index contributed by atoms with van der Waals surface area (Å²) in [6.07, 6.45) is 0. The minimum Gasteiger partial charge on any atom is -0.481 e. The summed E-state index contributed by atoms with van der Waals surface area (Å²) in [5.74, 6) is 1.10. The average Bonchev–Trinajstić information content (AvgIpc) is 3.22. The molecule has 2 aromatic rings. The lowest BCUT2D eigenvalue weighted by atomic mass is 10.2. The summed E-state index contributed by atoms with van der Waals surface area (Å²) in [6, 6.07) is 6.19. The number of aromatic amines is 1. The summed E-state index contributed by atoms with van der Waals surface area (Å²) in [5, 5.41) is 9.87. The largest absolute Gasteiger partial charge is 0.481 e. The van der Waals surface area contributed by atoms with Crippen LogP contribution in [0.1, 0.15) is 36.8 Å². The Kier molecular flexibility index (Phi) is 5.53. The number of hydrogen-bond acceptors (Lipinski definition) is 6. The molecular formula is C18H26N6O2. The average molecular weight is 358 g/mol. The van der Waals surface area contributed by atoms with Crippen molar-refractivity contribution in [2.45, 2.75) is 33.4 Å². The molecule has 0 saturated carbocycles. The highest BCUT2D eigenvalue weighted by Gasteiger charge is 2.26. The molecule has 0 spiro atoms. The van der Waals surface area contributed by atoms with Gasteiger partial charge in [0.05, 0.1) is 19.5 Å². The molecule has 26 heavy (non-hydrogen) atoms. The van der Waals surface area contributed by atoms with Crippen molar-refractivity contribution in [2.24, 2.45) is 0 Å². The van der Waals surface area contributed by atoms with Gasteiger partial charge in [-0.25, -0.2) is 4.98 Å². The quantitative estimate of drug-likeness (QED) is 0.820. The van der Waals surface area contributed by atoms with Crippen LogP contribution in [-0.2, 0) is 11.3 Å². The monoisotopic (exact) mass is 358 g/mol. The fourth-order valence-electron chi connectivity index (χ4n) is 3.27. The number of aryl methyl sites for hydroxylation is 1. The molecule has 1 aliphatic heterocycles. The van der Waals surface area contributed by atoms with E-state index in [1.54, 1.807) is 7.11 Å². The summed E-state index contributed by atoms with van der Waals surface area (Å²) in [6.45, 7) is 9.33. The van der Waals surface area contributed by atoms with Gasteiger partial charge < -0.3 is 10.1 Å². The van der Waals surface area contributed by atoms with Crippen molar-refractivity contribution in [1.82, 2.24) is 25.0 Å². The van der Waals surface area contributed by atoms with E-state index in [0.29, 0.717) is 11.7 Å². The molecule has 0 bridgehead atoms. The molecule has 3 heterocycles. The zero-order chi connectivity index (χ0) is 18.7.